The molecule has 10 heteroatoms. The molecule has 2 N–H and O–H groups in total. The first-order chi connectivity index (χ1) is 22.1. The Bertz CT molecular complexity index is 1040. The van der Waals surface area contributed by atoms with Crippen molar-refractivity contribution in [2.75, 3.05) is 13.1 Å². The second-order valence-electron chi connectivity index (χ2n) is 16.3. The summed E-state index contributed by atoms with van der Waals surface area (Å²) in [5.41, 5.74) is -1.18. The van der Waals surface area contributed by atoms with Crippen molar-refractivity contribution in [1.82, 2.24) is 9.80 Å². The molecule has 0 aromatic rings. The number of ether oxygens (including phenoxy) is 2. The van der Waals surface area contributed by atoms with E-state index in [1.165, 1.54) is 0 Å². The second-order valence-corrected chi connectivity index (χ2v) is 16.3. The lowest BCUT2D eigenvalue weighted by atomic mass is 9.85. The van der Waals surface area contributed by atoms with Crippen LogP contribution >= 0.6 is 0 Å². The normalized spacial score (nSPS) is 22.9. The summed E-state index contributed by atoms with van der Waals surface area (Å²) in [5.74, 6) is -1.35. The number of aliphatic hydroxyl groups excluding tert-OH is 2. The third kappa shape index (κ3) is 14.6. The Hall–Kier alpha value is -2.46. The zero-order valence-electron chi connectivity index (χ0n) is 31.9. The summed E-state index contributed by atoms with van der Waals surface area (Å²) in [5, 5.41) is 19.8. The van der Waals surface area contributed by atoms with Gasteiger partial charge in [-0.1, -0.05) is 53.5 Å². The molecule has 2 aliphatic rings. The van der Waals surface area contributed by atoms with Crippen LogP contribution in [0.1, 0.15) is 134 Å². The predicted molar refractivity (Wildman–Crippen MR) is 189 cm³/mol. The van der Waals surface area contributed by atoms with Gasteiger partial charge in [0, 0.05) is 24.9 Å². The van der Waals surface area contributed by atoms with Gasteiger partial charge in [0.25, 0.3) is 0 Å². The molecule has 10 nitrogen and oxygen atoms in total. The van der Waals surface area contributed by atoms with Crippen LogP contribution in [-0.2, 0) is 28.7 Å². The van der Waals surface area contributed by atoms with Crippen molar-refractivity contribution >= 4 is 23.8 Å². The number of esters is 2. The minimum atomic E-state index is -0.645. The first-order valence-corrected chi connectivity index (χ1v) is 18.2. The lowest BCUT2D eigenvalue weighted by Gasteiger charge is -2.37. The summed E-state index contributed by atoms with van der Waals surface area (Å²) in [6, 6.07) is -1.22. The van der Waals surface area contributed by atoms with Gasteiger partial charge in [0.15, 0.2) is 0 Å². The maximum absolute atomic E-state index is 13.1. The molecule has 0 bridgehead atoms. The summed E-state index contributed by atoms with van der Waals surface area (Å²) in [7, 11) is 0. The molecule has 0 radical (unpaired) electrons. The van der Waals surface area contributed by atoms with Crippen LogP contribution in [-0.4, -0.2) is 92.3 Å². The molecule has 6 atom stereocenters. The van der Waals surface area contributed by atoms with E-state index in [4.69, 9.17) is 9.47 Å². The van der Waals surface area contributed by atoms with Crippen LogP contribution in [0.3, 0.4) is 0 Å². The number of hydrogen-bond donors (Lipinski definition) is 2. The van der Waals surface area contributed by atoms with Gasteiger partial charge in [-0.3, -0.25) is 9.59 Å². The maximum Gasteiger partial charge on any atom is 0.329 e. The van der Waals surface area contributed by atoms with E-state index in [1.54, 1.807) is 15.9 Å². The SMILES string of the molecule is C=CCN(C(=O)C1CCCC(O)C1)[C@H](C(=O)OC(C)(C)C)C(C)C.CCCN(C(=O)C1CCCC(O)C1)[C@H](C(=O)OC(C)(C)C)C(C)C. The van der Waals surface area contributed by atoms with E-state index in [2.05, 4.69) is 6.58 Å². The molecule has 4 unspecified atom stereocenters. The molecule has 2 saturated carbocycles. The Morgan fingerprint density at radius 2 is 1.10 bits per heavy atom. The van der Waals surface area contributed by atoms with Crippen molar-refractivity contribution < 1.29 is 38.9 Å². The molecule has 0 heterocycles. The van der Waals surface area contributed by atoms with Gasteiger partial charge in [-0.15, -0.1) is 6.58 Å². The first kappa shape index (κ1) is 43.6. The molecule has 2 fully saturated rings. The largest absolute Gasteiger partial charge is 0.458 e. The van der Waals surface area contributed by atoms with E-state index in [0.717, 1.165) is 44.9 Å². The molecular formula is C38H68N2O8. The van der Waals surface area contributed by atoms with E-state index in [-0.39, 0.29) is 47.4 Å². The molecule has 2 amide bonds. The zero-order valence-corrected chi connectivity index (χ0v) is 31.9. The van der Waals surface area contributed by atoms with Crippen LogP contribution in [0.2, 0.25) is 0 Å². The molecule has 0 aliphatic heterocycles. The molecule has 0 saturated heterocycles. The quantitative estimate of drug-likeness (QED) is 0.188. The topological polar surface area (TPSA) is 134 Å². The van der Waals surface area contributed by atoms with Gasteiger partial charge in [-0.05, 0) is 98.3 Å². The number of carbonyl (C=O) groups is 4. The van der Waals surface area contributed by atoms with Gasteiger partial charge in [0.05, 0.1) is 12.2 Å². The van der Waals surface area contributed by atoms with E-state index in [1.807, 2.05) is 76.2 Å². The van der Waals surface area contributed by atoms with Gasteiger partial charge < -0.3 is 29.5 Å². The zero-order chi connectivity index (χ0) is 37.0. The molecule has 278 valence electrons. The van der Waals surface area contributed by atoms with Gasteiger partial charge >= 0.3 is 11.9 Å². The van der Waals surface area contributed by atoms with Gasteiger partial charge in [0.2, 0.25) is 11.8 Å². The average molecular weight is 681 g/mol. The monoisotopic (exact) mass is 680 g/mol. The van der Waals surface area contributed by atoms with Crippen molar-refractivity contribution in [2.45, 2.75) is 169 Å². The van der Waals surface area contributed by atoms with E-state index >= 15 is 0 Å². The van der Waals surface area contributed by atoms with Crippen LogP contribution in [0.25, 0.3) is 0 Å². The van der Waals surface area contributed by atoms with E-state index in [9.17, 15) is 29.4 Å². The third-order valence-electron chi connectivity index (χ3n) is 8.58. The Balaban J connectivity index is 0.000000480. The Morgan fingerprint density at radius 1 is 0.729 bits per heavy atom. The highest BCUT2D eigenvalue weighted by molar-refractivity contribution is 5.87. The van der Waals surface area contributed by atoms with Crippen molar-refractivity contribution in [3.05, 3.63) is 12.7 Å². The fourth-order valence-corrected chi connectivity index (χ4v) is 6.60. The molecule has 48 heavy (non-hydrogen) atoms. The Kier molecular flexibility index (Phi) is 17.8. The highest BCUT2D eigenvalue weighted by Gasteiger charge is 2.40. The van der Waals surface area contributed by atoms with Crippen molar-refractivity contribution in [3.63, 3.8) is 0 Å². The van der Waals surface area contributed by atoms with Crippen LogP contribution in [0.4, 0.5) is 0 Å². The van der Waals surface area contributed by atoms with Gasteiger partial charge in [-0.2, -0.15) is 0 Å². The minimum Gasteiger partial charge on any atom is -0.458 e. The number of rotatable bonds is 12. The smallest absolute Gasteiger partial charge is 0.329 e. The highest BCUT2D eigenvalue weighted by Crippen LogP contribution is 2.30. The average Bonchev–Trinajstić information content (AvgIpc) is 2.94. The van der Waals surface area contributed by atoms with E-state index < -0.39 is 35.5 Å². The Labute approximate surface area is 291 Å². The number of carbonyl (C=O) groups excluding carboxylic acids is 4. The van der Waals surface area contributed by atoms with Crippen LogP contribution in [0, 0.1) is 23.7 Å². The molecular weight excluding hydrogens is 612 g/mol. The van der Waals surface area contributed by atoms with Gasteiger partial charge in [0.1, 0.15) is 23.3 Å². The number of amides is 2. The fourth-order valence-electron chi connectivity index (χ4n) is 6.60. The van der Waals surface area contributed by atoms with Crippen molar-refractivity contribution in [1.29, 1.82) is 0 Å². The number of hydrogen-bond acceptors (Lipinski definition) is 8. The molecule has 2 rings (SSSR count). The standard InChI is InChI=1S/C19H35NO4.C19H33NO4/c2*1-7-11-20(17(22)14-9-8-10-15(21)12-14)16(13(2)3)18(23)24-19(4,5)6/h13-16,21H,7-12H2,1-6H3;7,13-16,21H,1,8-12H2,2-6H3/t2*14?,15?,16-/m00/s1. The first-order valence-electron chi connectivity index (χ1n) is 18.2. The summed E-state index contributed by atoms with van der Waals surface area (Å²) < 4.78 is 11.1. The lowest BCUT2D eigenvalue weighted by molar-refractivity contribution is -0.168. The summed E-state index contributed by atoms with van der Waals surface area (Å²) in [6.45, 7) is 25.2. The summed E-state index contributed by atoms with van der Waals surface area (Å²) in [4.78, 5) is 54.7. The van der Waals surface area contributed by atoms with Crippen LogP contribution in [0.5, 0.6) is 0 Å². The third-order valence-corrected chi connectivity index (χ3v) is 8.58. The molecule has 2 aliphatic carbocycles. The second kappa shape index (κ2) is 19.7. The number of nitrogens with zero attached hydrogens (tertiary/aromatic N) is 2. The van der Waals surface area contributed by atoms with Crippen molar-refractivity contribution in [2.24, 2.45) is 23.7 Å². The number of aliphatic hydroxyl groups is 2. The molecule has 0 aromatic carbocycles. The van der Waals surface area contributed by atoms with Crippen LogP contribution < -0.4 is 0 Å². The highest BCUT2D eigenvalue weighted by atomic mass is 16.6. The van der Waals surface area contributed by atoms with E-state index in [0.29, 0.717) is 25.9 Å². The molecule has 0 aromatic heterocycles. The van der Waals surface area contributed by atoms with Crippen molar-refractivity contribution in [3.8, 4) is 0 Å². The summed E-state index contributed by atoms with van der Waals surface area (Å²) >= 11 is 0. The molecule has 0 spiro atoms. The van der Waals surface area contributed by atoms with Gasteiger partial charge in [-0.25, -0.2) is 9.59 Å². The predicted octanol–water partition coefficient (Wildman–Crippen LogP) is 6.06. The summed E-state index contributed by atoms with van der Waals surface area (Å²) in [6.07, 6.45) is 7.27. The minimum absolute atomic E-state index is 0.0137. The Morgan fingerprint density at radius 3 is 1.42 bits per heavy atom. The fraction of sp³-hybridized carbons (Fsp3) is 0.842. The van der Waals surface area contributed by atoms with Crippen LogP contribution in [0.15, 0.2) is 12.7 Å². The maximum atomic E-state index is 13.1. The lowest BCUT2D eigenvalue weighted by Crippen LogP contribution is -2.52.